The van der Waals surface area contributed by atoms with Crippen molar-refractivity contribution in [1.82, 2.24) is 0 Å². The van der Waals surface area contributed by atoms with Crippen LogP contribution < -0.4 is 10.4 Å². The second kappa shape index (κ2) is 3.26. The molecule has 0 radical (unpaired) electrons. The minimum absolute atomic E-state index is 0.211. The maximum Gasteiger partial charge on any atom is 0.123 e. The van der Waals surface area contributed by atoms with Crippen LogP contribution in [-0.4, -0.2) is 8.07 Å². The Morgan fingerprint density at radius 1 is 0.765 bits per heavy atom. The number of fused-ring (bicyclic) bond motifs is 3. The van der Waals surface area contributed by atoms with Gasteiger partial charge in [-0.1, -0.05) is 25.2 Å². The fourth-order valence-electron chi connectivity index (χ4n) is 2.70. The largest absolute Gasteiger partial charge is 0.207 e. The molecule has 0 fully saturated rings. The molecule has 3 rings (SSSR count). The summed E-state index contributed by atoms with van der Waals surface area (Å²) in [6.07, 6.45) is 0. The van der Waals surface area contributed by atoms with Crippen molar-refractivity contribution < 1.29 is 8.78 Å². The molecule has 0 saturated heterocycles. The molecule has 0 bridgehead atoms. The molecule has 86 valence electrons. The van der Waals surface area contributed by atoms with E-state index in [-0.39, 0.29) is 11.6 Å². The molecule has 0 atom stereocenters. The summed E-state index contributed by atoms with van der Waals surface area (Å²) in [5, 5.41) is 2.26. The summed E-state index contributed by atoms with van der Waals surface area (Å²) in [5.74, 6) is -0.441. The van der Waals surface area contributed by atoms with Gasteiger partial charge in [-0.15, -0.1) is 0 Å². The lowest BCUT2D eigenvalue weighted by Gasteiger charge is -2.18. The van der Waals surface area contributed by atoms with E-state index in [4.69, 9.17) is 0 Å². The van der Waals surface area contributed by atoms with E-state index < -0.39 is 8.07 Å². The van der Waals surface area contributed by atoms with Crippen LogP contribution >= 0.6 is 0 Å². The lowest BCUT2D eigenvalue weighted by Crippen LogP contribution is -2.49. The summed E-state index contributed by atoms with van der Waals surface area (Å²) < 4.78 is 26.7. The molecular weight excluding hydrogens is 234 g/mol. The van der Waals surface area contributed by atoms with Gasteiger partial charge >= 0.3 is 0 Å². The summed E-state index contributed by atoms with van der Waals surface area (Å²) in [5.41, 5.74) is 1.94. The number of hydrogen-bond acceptors (Lipinski definition) is 0. The van der Waals surface area contributed by atoms with E-state index in [1.54, 1.807) is 18.2 Å². The first-order valence-corrected chi connectivity index (χ1v) is 8.60. The van der Waals surface area contributed by atoms with Crippen molar-refractivity contribution in [3.63, 3.8) is 0 Å². The average molecular weight is 246 g/mol. The van der Waals surface area contributed by atoms with Gasteiger partial charge in [0.1, 0.15) is 19.7 Å². The lowest BCUT2D eigenvalue weighted by molar-refractivity contribution is 0.628. The molecule has 1 heterocycles. The minimum Gasteiger partial charge on any atom is -0.207 e. The van der Waals surface area contributed by atoms with Gasteiger partial charge in [-0.25, -0.2) is 8.78 Å². The predicted octanol–water partition coefficient (Wildman–Crippen LogP) is 2.77. The average Bonchev–Trinajstić information content (AvgIpc) is 2.48. The first-order chi connectivity index (χ1) is 8.00. The third-order valence-electron chi connectivity index (χ3n) is 3.60. The van der Waals surface area contributed by atoms with Gasteiger partial charge in [0.15, 0.2) is 0 Å². The minimum atomic E-state index is -1.84. The first kappa shape index (κ1) is 10.7. The van der Waals surface area contributed by atoms with Crippen LogP contribution in [0.5, 0.6) is 0 Å². The van der Waals surface area contributed by atoms with Crippen LogP contribution in [0.1, 0.15) is 0 Å². The molecule has 3 heteroatoms. The zero-order valence-electron chi connectivity index (χ0n) is 9.72. The summed E-state index contributed by atoms with van der Waals surface area (Å²) in [7, 11) is -1.84. The van der Waals surface area contributed by atoms with Gasteiger partial charge in [0.05, 0.1) is 0 Å². The number of halogens is 2. The van der Waals surface area contributed by atoms with Crippen LogP contribution in [0.4, 0.5) is 8.78 Å². The van der Waals surface area contributed by atoms with Crippen LogP contribution in [0, 0.1) is 11.6 Å². The first-order valence-electron chi connectivity index (χ1n) is 5.60. The zero-order valence-corrected chi connectivity index (χ0v) is 10.7. The topological polar surface area (TPSA) is 0 Å². The summed E-state index contributed by atoms with van der Waals surface area (Å²) in [6.45, 7) is 4.35. The lowest BCUT2D eigenvalue weighted by atomic mass is 10.1. The van der Waals surface area contributed by atoms with Gasteiger partial charge in [0.2, 0.25) is 0 Å². The molecule has 0 N–H and O–H groups in total. The van der Waals surface area contributed by atoms with Crippen molar-refractivity contribution in [2.45, 2.75) is 13.1 Å². The molecule has 1 aliphatic heterocycles. The molecule has 2 aromatic rings. The van der Waals surface area contributed by atoms with Crippen molar-refractivity contribution in [3.8, 4) is 11.1 Å². The van der Waals surface area contributed by atoms with Crippen molar-refractivity contribution >= 4 is 18.4 Å². The van der Waals surface area contributed by atoms with Gasteiger partial charge in [-0.05, 0) is 45.8 Å². The highest BCUT2D eigenvalue weighted by atomic mass is 28.3. The standard InChI is InChI=1S/C14H12F2Si/c1-17(2)13-6-4-9(15)7-12(13)11-5-3-10(16)8-14(11)17/h3-8H,1-2H3. The van der Waals surface area contributed by atoms with Gasteiger partial charge in [-0.3, -0.25) is 0 Å². The van der Waals surface area contributed by atoms with E-state index in [2.05, 4.69) is 13.1 Å². The second-order valence-electron chi connectivity index (χ2n) is 5.00. The molecule has 17 heavy (non-hydrogen) atoms. The second-order valence-corrected chi connectivity index (χ2v) is 9.33. The van der Waals surface area contributed by atoms with E-state index >= 15 is 0 Å². The molecule has 0 unspecified atom stereocenters. The molecule has 0 aliphatic carbocycles. The number of hydrogen-bond donors (Lipinski definition) is 0. The SMILES string of the molecule is C[Si]1(C)c2ccc(F)cc2-c2ccc(F)cc21. The quantitative estimate of drug-likeness (QED) is 0.627. The molecule has 2 aromatic carbocycles. The molecule has 0 amide bonds. The summed E-state index contributed by atoms with van der Waals surface area (Å²) >= 11 is 0. The van der Waals surface area contributed by atoms with Crippen molar-refractivity contribution in [2.24, 2.45) is 0 Å². The van der Waals surface area contributed by atoms with Gasteiger partial charge in [0, 0.05) is 0 Å². The molecule has 1 aliphatic rings. The van der Waals surface area contributed by atoms with Crippen molar-refractivity contribution in [1.29, 1.82) is 0 Å². The van der Waals surface area contributed by atoms with Crippen LogP contribution in [0.3, 0.4) is 0 Å². The van der Waals surface area contributed by atoms with Crippen LogP contribution in [0.15, 0.2) is 36.4 Å². The Labute approximate surface area is 99.9 Å². The third-order valence-corrected chi connectivity index (χ3v) is 7.14. The Morgan fingerprint density at radius 2 is 1.41 bits per heavy atom. The molecular formula is C14H12F2Si. The highest BCUT2D eigenvalue weighted by molar-refractivity contribution is 7.03. The van der Waals surface area contributed by atoms with Crippen LogP contribution in [0.2, 0.25) is 13.1 Å². The van der Waals surface area contributed by atoms with E-state index in [1.807, 2.05) is 6.07 Å². The monoisotopic (exact) mass is 246 g/mol. The molecule has 0 spiro atoms. The molecule has 0 saturated carbocycles. The summed E-state index contributed by atoms with van der Waals surface area (Å²) in [6, 6.07) is 9.74. The smallest absolute Gasteiger partial charge is 0.123 e. The van der Waals surface area contributed by atoms with E-state index in [1.165, 1.54) is 17.3 Å². The number of rotatable bonds is 0. The van der Waals surface area contributed by atoms with Crippen LogP contribution in [-0.2, 0) is 0 Å². The van der Waals surface area contributed by atoms with Crippen LogP contribution in [0.25, 0.3) is 11.1 Å². The predicted molar refractivity (Wildman–Crippen MR) is 68.5 cm³/mol. The highest BCUT2D eigenvalue weighted by Crippen LogP contribution is 2.28. The molecule has 0 aromatic heterocycles. The fourth-order valence-corrected chi connectivity index (χ4v) is 5.76. The third kappa shape index (κ3) is 1.39. The zero-order chi connectivity index (χ0) is 12.2. The van der Waals surface area contributed by atoms with Gasteiger partial charge in [0.25, 0.3) is 0 Å². The Hall–Kier alpha value is -1.48. The fraction of sp³-hybridized carbons (Fsp3) is 0.143. The maximum absolute atomic E-state index is 13.4. The van der Waals surface area contributed by atoms with E-state index in [9.17, 15) is 8.78 Å². The van der Waals surface area contributed by atoms with Crippen molar-refractivity contribution in [2.75, 3.05) is 0 Å². The Kier molecular flexibility index (Phi) is 2.04. The maximum atomic E-state index is 13.4. The van der Waals surface area contributed by atoms with E-state index in [0.717, 1.165) is 16.3 Å². The molecule has 0 nitrogen and oxygen atoms in total. The Balaban J connectivity index is 2.38. The van der Waals surface area contributed by atoms with Gasteiger partial charge in [-0.2, -0.15) is 0 Å². The number of benzene rings is 2. The van der Waals surface area contributed by atoms with Gasteiger partial charge < -0.3 is 0 Å². The van der Waals surface area contributed by atoms with Crippen molar-refractivity contribution in [3.05, 3.63) is 48.0 Å². The normalized spacial score (nSPS) is 15.5. The summed E-state index contributed by atoms with van der Waals surface area (Å²) in [4.78, 5) is 0. The Morgan fingerprint density at radius 3 is 2.18 bits per heavy atom. The highest BCUT2D eigenvalue weighted by Gasteiger charge is 2.37. The Bertz CT molecular complexity index is 618. The van der Waals surface area contributed by atoms with E-state index in [0.29, 0.717) is 0 Å².